The summed E-state index contributed by atoms with van der Waals surface area (Å²) < 4.78 is 21.4. The number of anilines is 2. The van der Waals surface area contributed by atoms with Crippen LogP contribution >= 0.6 is 0 Å². The Morgan fingerprint density at radius 3 is 2.82 bits per heavy atom. The van der Waals surface area contributed by atoms with Gasteiger partial charge in [0.2, 0.25) is 0 Å². The molecule has 1 aromatic carbocycles. The van der Waals surface area contributed by atoms with Crippen LogP contribution in [0.15, 0.2) is 18.5 Å². The normalized spacial score (nSPS) is 25.1. The molecule has 34 heavy (non-hydrogen) atoms. The maximum atomic E-state index is 15.4. The van der Waals surface area contributed by atoms with Gasteiger partial charge >= 0.3 is 6.01 Å². The summed E-state index contributed by atoms with van der Waals surface area (Å²) in [6, 6.07) is 2.34. The Morgan fingerprint density at radius 2 is 2.03 bits per heavy atom. The summed E-state index contributed by atoms with van der Waals surface area (Å²) in [4.78, 5) is 23.8. The molecule has 1 saturated heterocycles. The van der Waals surface area contributed by atoms with Crippen molar-refractivity contribution in [1.82, 2.24) is 24.9 Å². The van der Waals surface area contributed by atoms with E-state index in [1.165, 1.54) is 0 Å². The third-order valence-corrected chi connectivity index (χ3v) is 7.80. The molecule has 4 atom stereocenters. The number of nitrogens with one attached hydrogen (secondary N) is 2. The first kappa shape index (κ1) is 19.9. The SMILES string of the molecule is CNc1cc(F)c2c3c1[nH]c1nc(Oc4cnc(C)nc4)nc(c13)N1C(C2)CC2C(N)CCC21. The van der Waals surface area contributed by atoms with Crippen molar-refractivity contribution in [1.29, 1.82) is 0 Å². The van der Waals surface area contributed by atoms with E-state index in [0.717, 1.165) is 41.4 Å². The Kier molecular flexibility index (Phi) is 4.09. The van der Waals surface area contributed by atoms with Gasteiger partial charge in [0.15, 0.2) is 5.75 Å². The fourth-order valence-electron chi connectivity index (χ4n) is 6.33. The van der Waals surface area contributed by atoms with Crippen molar-refractivity contribution >= 4 is 33.4 Å². The topological polar surface area (TPSA) is 118 Å². The van der Waals surface area contributed by atoms with Gasteiger partial charge in [0, 0.05) is 36.1 Å². The molecule has 3 aliphatic rings. The average molecular weight is 461 g/mol. The Hall–Kier alpha value is -3.53. The largest absolute Gasteiger partial charge is 0.421 e. The Bertz CT molecular complexity index is 1450. The summed E-state index contributed by atoms with van der Waals surface area (Å²) in [7, 11) is 1.79. The van der Waals surface area contributed by atoms with E-state index < -0.39 is 0 Å². The second-order valence-corrected chi connectivity index (χ2v) is 9.60. The molecule has 1 saturated carbocycles. The summed E-state index contributed by atoms with van der Waals surface area (Å²) in [5, 5.41) is 4.82. The number of nitrogens with zero attached hydrogens (tertiary/aromatic N) is 5. The average Bonchev–Trinajstić information content (AvgIpc) is 3.46. The third kappa shape index (κ3) is 2.68. The molecule has 10 heteroatoms. The minimum absolute atomic E-state index is 0.126. The molecule has 3 aromatic heterocycles. The second kappa shape index (κ2) is 6.99. The van der Waals surface area contributed by atoms with E-state index in [4.69, 9.17) is 15.5 Å². The van der Waals surface area contributed by atoms with Crippen LogP contribution in [0.2, 0.25) is 0 Å². The smallest absolute Gasteiger partial charge is 0.326 e. The standard InChI is InChI=1S/C24H25FN8O/c1-10-28-8-12(9-29-10)34-24-31-22-20-19-13(15(25)7-17(27-2)21(19)30-22)5-11-6-14-16(26)3-4-18(14)33(11)23(20)32-24/h7-9,11,14,16,18,27H,3-6,26H2,1-2H3,(H,30,31,32). The molecular weight excluding hydrogens is 435 g/mol. The molecule has 1 aliphatic carbocycles. The third-order valence-electron chi connectivity index (χ3n) is 7.80. The molecule has 7 rings (SSSR count). The van der Waals surface area contributed by atoms with Crippen LogP contribution in [0.4, 0.5) is 15.9 Å². The van der Waals surface area contributed by atoms with E-state index in [-0.39, 0.29) is 30.0 Å². The highest BCUT2D eigenvalue weighted by Gasteiger charge is 2.49. The van der Waals surface area contributed by atoms with Gasteiger partial charge in [0.05, 0.1) is 29.0 Å². The lowest BCUT2D eigenvalue weighted by molar-refractivity contribution is 0.437. The number of halogens is 1. The Morgan fingerprint density at radius 1 is 1.21 bits per heavy atom. The molecule has 9 nitrogen and oxygen atoms in total. The second-order valence-electron chi connectivity index (χ2n) is 9.60. The maximum Gasteiger partial charge on any atom is 0.326 e. The monoisotopic (exact) mass is 460 g/mol. The van der Waals surface area contributed by atoms with Crippen LogP contribution in [0.3, 0.4) is 0 Å². The van der Waals surface area contributed by atoms with Gasteiger partial charge in [-0.3, -0.25) is 0 Å². The summed E-state index contributed by atoms with van der Waals surface area (Å²) in [6.45, 7) is 1.82. The van der Waals surface area contributed by atoms with Gasteiger partial charge < -0.3 is 25.7 Å². The molecule has 0 spiro atoms. The molecule has 4 N–H and O–H groups in total. The number of hydrogen-bond donors (Lipinski definition) is 3. The van der Waals surface area contributed by atoms with Crippen LogP contribution in [0, 0.1) is 18.7 Å². The number of aryl methyl sites for hydroxylation is 1. The molecule has 0 radical (unpaired) electrons. The van der Waals surface area contributed by atoms with Crippen molar-refractivity contribution in [2.75, 3.05) is 17.3 Å². The molecule has 0 bridgehead atoms. The lowest BCUT2D eigenvalue weighted by Crippen LogP contribution is -2.38. The molecule has 2 fully saturated rings. The Labute approximate surface area is 195 Å². The maximum absolute atomic E-state index is 15.4. The van der Waals surface area contributed by atoms with Crippen molar-refractivity contribution in [3.8, 4) is 11.8 Å². The van der Waals surface area contributed by atoms with Gasteiger partial charge in [-0.05, 0) is 44.6 Å². The van der Waals surface area contributed by atoms with E-state index in [1.54, 1.807) is 25.5 Å². The van der Waals surface area contributed by atoms with Crippen LogP contribution in [0.1, 0.15) is 30.7 Å². The molecule has 4 unspecified atom stereocenters. The summed E-state index contributed by atoms with van der Waals surface area (Å²) in [5.41, 5.74) is 9.35. The van der Waals surface area contributed by atoms with Crippen molar-refractivity contribution in [2.45, 2.75) is 50.7 Å². The van der Waals surface area contributed by atoms with Gasteiger partial charge in [0.1, 0.15) is 23.1 Å². The molecular formula is C24H25FN8O. The molecule has 5 heterocycles. The summed E-state index contributed by atoms with van der Waals surface area (Å²) in [5.74, 6) is 2.08. The van der Waals surface area contributed by atoms with Crippen molar-refractivity contribution in [3.05, 3.63) is 35.7 Å². The van der Waals surface area contributed by atoms with Crippen molar-refractivity contribution < 1.29 is 9.13 Å². The van der Waals surface area contributed by atoms with Crippen LogP contribution < -0.4 is 20.7 Å². The summed E-state index contributed by atoms with van der Waals surface area (Å²) in [6.07, 6.45) is 6.75. The van der Waals surface area contributed by atoms with Crippen LogP contribution in [0.5, 0.6) is 11.8 Å². The van der Waals surface area contributed by atoms with Crippen LogP contribution in [0.25, 0.3) is 21.9 Å². The number of fused-ring (bicyclic) bond motifs is 4. The van der Waals surface area contributed by atoms with E-state index in [2.05, 4.69) is 30.2 Å². The lowest BCUT2D eigenvalue weighted by Gasteiger charge is -2.30. The number of aromatic nitrogens is 5. The number of benzene rings is 1. The van der Waals surface area contributed by atoms with E-state index >= 15 is 4.39 Å². The highest BCUT2D eigenvalue weighted by atomic mass is 19.1. The predicted octanol–water partition coefficient (Wildman–Crippen LogP) is 3.42. The number of ether oxygens (including phenoxy) is 1. The predicted molar refractivity (Wildman–Crippen MR) is 127 cm³/mol. The van der Waals surface area contributed by atoms with E-state index in [1.807, 2.05) is 6.92 Å². The molecule has 2 aliphatic heterocycles. The first-order valence-electron chi connectivity index (χ1n) is 11.7. The minimum atomic E-state index is -0.205. The molecule has 4 aromatic rings. The minimum Gasteiger partial charge on any atom is -0.421 e. The van der Waals surface area contributed by atoms with Gasteiger partial charge in [-0.15, -0.1) is 0 Å². The van der Waals surface area contributed by atoms with Gasteiger partial charge in [-0.1, -0.05) is 0 Å². The number of rotatable bonds is 3. The number of H-pyrrole nitrogens is 1. The Balaban J connectivity index is 1.49. The van der Waals surface area contributed by atoms with E-state index in [0.29, 0.717) is 40.8 Å². The zero-order chi connectivity index (χ0) is 23.1. The van der Waals surface area contributed by atoms with Crippen molar-refractivity contribution in [2.24, 2.45) is 11.7 Å². The van der Waals surface area contributed by atoms with Gasteiger partial charge in [0.25, 0.3) is 0 Å². The van der Waals surface area contributed by atoms with Gasteiger partial charge in [-0.25, -0.2) is 14.4 Å². The zero-order valence-corrected chi connectivity index (χ0v) is 19.0. The zero-order valence-electron chi connectivity index (χ0n) is 19.0. The quantitative estimate of drug-likeness (QED) is 0.426. The van der Waals surface area contributed by atoms with Crippen molar-refractivity contribution in [3.63, 3.8) is 0 Å². The highest BCUT2D eigenvalue weighted by Crippen LogP contribution is 2.50. The highest BCUT2D eigenvalue weighted by molar-refractivity contribution is 6.16. The summed E-state index contributed by atoms with van der Waals surface area (Å²) >= 11 is 0. The number of nitrogens with two attached hydrogens (primary N) is 1. The fourth-order valence-corrected chi connectivity index (χ4v) is 6.33. The molecule has 0 amide bonds. The van der Waals surface area contributed by atoms with Crippen LogP contribution in [-0.4, -0.2) is 50.1 Å². The molecule has 174 valence electrons. The number of aromatic amines is 1. The first-order chi connectivity index (χ1) is 16.5. The fraction of sp³-hybridized carbons (Fsp3) is 0.417. The number of hydrogen-bond acceptors (Lipinski definition) is 8. The van der Waals surface area contributed by atoms with Crippen LogP contribution in [-0.2, 0) is 6.42 Å². The van der Waals surface area contributed by atoms with E-state index in [9.17, 15) is 0 Å². The lowest BCUT2D eigenvalue weighted by atomic mass is 9.94. The first-order valence-corrected chi connectivity index (χ1v) is 11.7. The van der Waals surface area contributed by atoms with Gasteiger partial charge in [-0.2, -0.15) is 9.97 Å².